The normalized spacial score (nSPS) is 10.5. The molecule has 0 saturated carbocycles. The smallest absolute Gasteiger partial charge is 0.366 e. The van der Waals surface area contributed by atoms with Crippen molar-refractivity contribution < 1.29 is 44.8 Å². The Labute approximate surface area is 393 Å². The molecule has 0 unspecified atom stereocenters. The molecule has 6 heteroatoms. The average molecular weight is 1010 g/mol. The Morgan fingerprint density at radius 1 is 0.361 bits per heavy atom. The van der Waals surface area contributed by atoms with Crippen molar-refractivity contribution in [3.05, 3.63) is 230 Å². The first-order valence-corrected chi connectivity index (χ1v) is 23.2. The number of para-hydroxylation sites is 4. The largest absolute Gasteiger partial charge is 1.00 e. The van der Waals surface area contributed by atoms with Crippen LogP contribution in [-0.4, -0.2) is 15.0 Å². The van der Waals surface area contributed by atoms with Gasteiger partial charge in [-0.25, -0.2) is 0 Å². The molecule has 0 fully saturated rings. The van der Waals surface area contributed by atoms with Crippen molar-refractivity contribution in [3.63, 3.8) is 0 Å². The van der Waals surface area contributed by atoms with Crippen molar-refractivity contribution in [2.24, 2.45) is 14.1 Å². The molecule has 8 aromatic carbocycles. The van der Waals surface area contributed by atoms with Crippen molar-refractivity contribution in [1.29, 1.82) is 0 Å². The van der Waals surface area contributed by atoms with E-state index in [1.165, 1.54) is 59.7 Å². The van der Waals surface area contributed by atoms with E-state index in [4.69, 9.17) is 12.8 Å². The number of fused-ring (bicyclic) bond motifs is 6. The van der Waals surface area contributed by atoms with Crippen LogP contribution >= 0.6 is 15.8 Å². The first-order valence-electron chi connectivity index (χ1n) is 19.8. The third-order valence-electron chi connectivity index (χ3n) is 11.0. The molecule has 0 N–H and O–H groups in total. The summed E-state index contributed by atoms with van der Waals surface area (Å²) in [5.74, 6) is 6.25. The minimum Gasteiger partial charge on any atom is -0.366 e. The third-order valence-corrected chi connectivity index (χ3v) is 17.9. The topological polar surface area (TPSA) is 9.86 Å². The fourth-order valence-corrected chi connectivity index (χ4v) is 15.9. The van der Waals surface area contributed by atoms with Crippen LogP contribution in [0.5, 0.6) is 0 Å². The van der Waals surface area contributed by atoms with Gasteiger partial charge in [-0.3, -0.25) is 11.8 Å². The average Bonchev–Trinajstić information content (AvgIpc) is 3.78. The van der Waals surface area contributed by atoms with Gasteiger partial charge >= 0.3 is 44.8 Å². The molecule has 61 heavy (non-hydrogen) atoms. The van der Waals surface area contributed by atoms with Gasteiger partial charge in [0.1, 0.15) is 37.1 Å². The van der Waals surface area contributed by atoms with Crippen LogP contribution in [0.15, 0.2) is 206 Å². The van der Waals surface area contributed by atoms with Crippen molar-refractivity contribution >= 4 is 80.7 Å². The monoisotopic (exact) mass is 1010 g/mol. The summed E-state index contributed by atoms with van der Waals surface area (Å²) in [6.07, 6.45) is 14.7. The van der Waals surface area contributed by atoms with E-state index in [1.54, 1.807) is 0 Å². The molecule has 0 aliphatic heterocycles. The predicted octanol–water partition coefficient (Wildman–Crippen LogP) is 11.2. The number of nitrogens with zero attached hydrogens (tertiary/aromatic N) is 2. The molecule has 0 aliphatic rings. The van der Waals surface area contributed by atoms with Crippen molar-refractivity contribution in [2.75, 3.05) is 5.90 Å². The Hall–Kier alpha value is -5.18. The second-order valence-electron chi connectivity index (χ2n) is 14.4. The van der Waals surface area contributed by atoms with Crippen LogP contribution < -0.4 is 21.2 Å². The molecule has 0 atom stereocenters. The van der Waals surface area contributed by atoms with Gasteiger partial charge in [0.05, 0.1) is 0 Å². The zero-order chi connectivity index (χ0) is 40.6. The molecule has 304 valence electrons. The van der Waals surface area contributed by atoms with Gasteiger partial charge in [0.2, 0.25) is 0 Å². The Morgan fingerprint density at radius 2 is 0.639 bits per heavy atom. The Balaban J connectivity index is 0.000000159. The summed E-state index contributed by atoms with van der Waals surface area (Å²) < 4.78 is 4.25. The number of benzene rings is 8. The number of hydrogen-bond donors (Lipinski definition) is 0. The van der Waals surface area contributed by atoms with E-state index in [-0.39, 0.29) is 44.8 Å². The van der Waals surface area contributed by atoms with E-state index < -0.39 is 15.8 Å². The Kier molecular flexibility index (Phi) is 16.0. The van der Waals surface area contributed by atoms with Gasteiger partial charge in [-0.2, -0.15) is 0 Å². The summed E-state index contributed by atoms with van der Waals surface area (Å²) >= 11 is 0. The molecule has 2 aromatic heterocycles. The maximum atomic E-state index is 7.33. The van der Waals surface area contributed by atoms with E-state index in [0.29, 0.717) is 0 Å². The van der Waals surface area contributed by atoms with Gasteiger partial charge in [-0.05, 0) is 82.5 Å². The van der Waals surface area contributed by atoms with Gasteiger partial charge in [0, 0.05) is 35.9 Å². The maximum absolute atomic E-state index is 7.33. The fraction of sp³-hybridized carbons (Fsp3) is 0.0545. The predicted molar refractivity (Wildman–Crippen MR) is 259 cm³/mol. The van der Waals surface area contributed by atoms with Gasteiger partial charge in [-0.1, -0.05) is 133 Å². The molecular formula is C55H44Ag2N2P2+2. The van der Waals surface area contributed by atoms with Crippen LogP contribution in [0.1, 0.15) is 11.1 Å². The first kappa shape index (κ1) is 45.4. The number of aromatic nitrogens is 2. The number of hydrogen-bond acceptors (Lipinski definition) is 0. The molecule has 2 heterocycles. The zero-order valence-corrected chi connectivity index (χ0v) is 38.8. The van der Waals surface area contributed by atoms with E-state index in [2.05, 4.69) is 179 Å². The molecular weight excluding hydrogens is 966 g/mol. The fourth-order valence-electron chi connectivity index (χ4n) is 8.15. The zero-order valence-electron chi connectivity index (χ0n) is 33.8. The molecule has 2 nitrogen and oxygen atoms in total. The quantitative estimate of drug-likeness (QED) is 0.0680. The third kappa shape index (κ3) is 9.82. The molecule has 10 rings (SSSR count). The van der Waals surface area contributed by atoms with E-state index in [9.17, 15) is 0 Å². The summed E-state index contributed by atoms with van der Waals surface area (Å²) in [7, 11) is 2.37. The van der Waals surface area contributed by atoms with Crippen molar-refractivity contribution in [2.45, 2.75) is 0 Å². The molecule has 0 aliphatic carbocycles. The summed E-state index contributed by atoms with van der Waals surface area (Å²) in [6.45, 7) is 0. The molecule has 0 bridgehead atoms. The maximum Gasteiger partial charge on any atom is 1.00 e. The van der Waals surface area contributed by atoms with E-state index in [0.717, 1.165) is 22.2 Å². The number of rotatable bonds is 6. The van der Waals surface area contributed by atoms with Crippen molar-refractivity contribution in [3.8, 4) is 11.8 Å². The minimum absolute atomic E-state index is 0. The van der Waals surface area contributed by atoms with Crippen LogP contribution in [0.3, 0.4) is 0 Å². The van der Waals surface area contributed by atoms with Crippen LogP contribution in [0.25, 0.3) is 43.6 Å². The van der Waals surface area contributed by atoms with Gasteiger partial charge in [-0.15, -0.1) is 23.3 Å². The summed E-state index contributed by atoms with van der Waals surface area (Å²) in [5, 5.41) is 10.9. The number of aryl methyl sites for hydroxylation is 2. The van der Waals surface area contributed by atoms with Crippen LogP contribution in [0.4, 0.5) is 0 Å². The second kappa shape index (κ2) is 21.6. The summed E-state index contributed by atoms with van der Waals surface area (Å²) in [4.78, 5) is 0. The van der Waals surface area contributed by atoms with Crippen LogP contribution in [0.2, 0.25) is 0 Å². The van der Waals surface area contributed by atoms with Gasteiger partial charge in [0.25, 0.3) is 0 Å². The Bertz CT molecular complexity index is 2780. The van der Waals surface area contributed by atoms with E-state index >= 15 is 0 Å². The molecule has 10 aromatic rings. The summed E-state index contributed by atoms with van der Waals surface area (Å²) in [6, 6.07) is 73.0. The standard InChI is InChI=1S/C25H22P2.2C15H10N.2Ag/c1-5-13-22(14-6-1)26(23-15-7-2-8-16-23)21-27(24-17-9-3-10-18-24)25-19-11-4-12-20-25;2*1-3-11-7-6-9-13-12-8-4-5-10-14(12)16(2)15(11)13;;/h1-20H,21H2;2*4-10H,2H3;;/q;2*-1;2*+1/p+2. The first-order chi connectivity index (χ1) is 29.1. The van der Waals surface area contributed by atoms with Crippen LogP contribution in [0, 0.1) is 24.7 Å². The Morgan fingerprint density at radius 3 is 0.951 bits per heavy atom. The minimum atomic E-state index is -0.847. The summed E-state index contributed by atoms with van der Waals surface area (Å²) in [5.41, 5.74) is 6.24. The van der Waals surface area contributed by atoms with Gasteiger partial charge in [0.15, 0.2) is 5.90 Å². The van der Waals surface area contributed by atoms with E-state index in [1.807, 2.05) is 62.6 Å². The van der Waals surface area contributed by atoms with Crippen LogP contribution in [-0.2, 0) is 58.9 Å². The molecule has 0 radical (unpaired) electrons. The SMILES string of the molecule is [Ag+].[Ag+].[C-]#Cc1cccc2c3ccccc3n(C)c12.[C-]#Cc1cccc2c3ccccc3n(C)c12.c1ccc([PH+](C[PH+](c2ccccc2)c2ccccc2)c2ccccc2)cc1. The molecule has 0 saturated heterocycles. The molecule has 0 spiro atoms. The van der Waals surface area contributed by atoms with Crippen molar-refractivity contribution in [1.82, 2.24) is 9.13 Å². The molecule has 0 amide bonds. The second-order valence-corrected chi connectivity index (χ2v) is 20.0. The van der Waals surface area contributed by atoms with Gasteiger partial charge < -0.3 is 22.0 Å².